The summed E-state index contributed by atoms with van der Waals surface area (Å²) in [4.78, 5) is 10.9. The monoisotopic (exact) mass is 288 g/mol. The van der Waals surface area contributed by atoms with Crippen molar-refractivity contribution in [1.82, 2.24) is 0 Å². The molecule has 20 heavy (non-hydrogen) atoms. The van der Waals surface area contributed by atoms with Gasteiger partial charge in [0.1, 0.15) is 6.29 Å². The van der Waals surface area contributed by atoms with Crippen molar-refractivity contribution in [2.45, 2.75) is 45.0 Å². The maximum Gasteiger partial charge on any atom is 0.185 e. The summed E-state index contributed by atoms with van der Waals surface area (Å²) in [6.45, 7) is 6.67. The topological polar surface area (TPSA) is 26.3 Å². The summed E-state index contributed by atoms with van der Waals surface area (Å²) >= 11 is 0. The van der Waals surface area contributed by atoms with E-state index in [1.807, 2.05) is 6.07 Å². The number of rotatable bonds is 5. The predicted octanol–water partition coefficient (Wildman–Crippen LogP) is 4.50. The molecule has 0 aliphatic heterocycles. The van der Waals surface area contributed by atoms with Gasteiger partial charge in [-0.2, -0.15) is 0 Å². The molecule has 0 saturated heterocycles. The third-order valence-corrected chi connectivity index (χ3v) is 4.53. The Labute approximate surface area is 123 Å². The molecule has 0 unspecified atom stereocenters. The van der Waals surface area contributed by atoms with Gasteiger partial charge in [-0.05, 0) is 50.0 Å². The van der Waals surface area contributed by atoms with Crippen molar-refractivity contribution in [3.05, 3.63) is 47.5 Å². The number of hydrogen-bond acceptors (Lipinski definition) is 2. The van der Waals surface area contributed by atoms with E-state index in [-0.39, 0.29) is 12.0 Å². The lowest BCUT2D eigenvalue weighted by atomic mass is 9.86. The summed E-state index contributed by atoms with van der Waals surface area (Å²) in [7, 11) is -1.62. The molecular weight excluding hydrogens is 264 g/mol. The molecule has 3 heteroatoms. The van der Waals surface area contributed by atoms with Crippen molar-refractivity contribution in [2.75, 3.05) is 0 Å². The summed E-state index contributed by atoms with van der Waals surface area (Å²) in [6.07, 6.45) is 6.15. The number of carbonyl (C=O) groups is 1. The Balaban J connectivity index is 2.24. The molecule has 1 aromatic rings. The number of carbonyl (C=O) groups excluding carboxylic acids is 1. The van der Waals surface area contributed by atoms with E-state index in [4.69, 9.17) is 4.43 Å². The van der Waals surface area contributed by atoms with Gasteiger partial charge in [0, 0.05) is 5.92 Å². The fourth-order valence-electron chi connectivity index (χ4n) is 2.58. The number of hydrogen-bond donors (Lipinski definition) is 0. The first-order valence-corrected chi connectivity index (χ1v) is 10.8. The summed E-state index contributed by atoms with van der Waals surface area (Å²) in [5, 5.41) is 0. The summed E-state index contributed by atoms with van der Waals surface area (Å²) in [5.41, 5.74) is 2.57. The van der Waals surface area contributed by atoms with E-state index in [0.29, 0.717) is 0 Å². The molecule has 1 aliphatic carbocycles. The van der Waals surface area contributed by atoms with Crippen LogP contribution in [-0.4, -0.2) is 14.6 Å². The summed E-state index contributed by atoms with van der Waals surface area (Å²) in [6, 6.07) is 10.4. The van der Waals surface area contributed by atoms with Gasteiger partial charge in [0.2, 0.25) is 0 Å². The van der Waals surface area contributed by atoms with Gasteiger partial charge < -0.3 is 9.22 Å². The van der Waals surface area contributed by atoms with Crippen molar-refractivity contribution in [1.29, 1.82) is 0 Å². The molecule has 0 amide bonds. The quantitative estimate of drug-likeness (QED) is 0.453. The lowest BCUT2D eigenvalue weighted by Crippen LogP contribution is -2.29. The Kier molecular flexibility index (Phi) is 4.94. The number of benzene rings is 1. The molecule has 0 saturated carbocycles. The zero-order chi connectivity index (χ0) is 14.6. The van der Waals surface area contributed by atoms with Crippen LogP contribution in [0.1, 0.15) is 30.9 Å². The SMILES string of the molecule is C[Si](C)(C)O[C@H](C1=CC[C@@H](C=O)CC1)c1ccccc1. The highest BCUT2D eigenvalue weighted by molar-refractivity contribution is 6.69. The van der Waals surface area contributed by atoms with E-state index in [1.165, 1.54) is 11.1 Å². The van der Waals surface area contributed by atoms with E-state index in [2.05, 4.69) is 50.0 Å². The number of allylic oxidation sites excluding steroid dienone is 1. The van der Waals surface area contributed by atoms with Crippen LogP contribution in [0.25, 0.3) is 0 Å². The third kappa shape index (κ3) is 4.15. The Bertz CT molecular complexity index is 474. The molecular formula is C17H24O2Si. The van der Waals surface area contributed by atoms with Crippen LogP contribution in [0.5, 0.6) is 0 Å². The fourth-order valence-corrected chi connectivity index (χ4v) is 3.57. The van der Waals surface area contributed by atoms with E-state index < -0.39 is 8.32 Å². The standard InChI is InChI=1S/C17H24O2Si/c1-20(2,3)19-17(15-7-5-4-6-8-15)16-11-9-14(13-18)10-12-16/h4-8,11,13-14,17H,9-10,12H2,1-3H3/t14-,17+/m1/s1. The maximum atomic E-state index is 10.9. The molecule has 0 heterocycles. The molecule has 2 nitrogen and oxygen atoms in total. The zero-order valence-corrected chi connectivity index (χ0v) is 13.6. The summed E-state index contributed by atoms with van der Waals surface area (Å²) in [5.74, 6) is 0.196. The van der Waals surface area contributed by atoms with E-state index in [0.717, 1.165) is 25.5 Å². The zero-order valence-electron chi connectivity index (χ0n) is 12.6. The van der Waals surface area contributed by atoms with Crippen LogP contribution >= 0.6 is 0 Å². The highest BCUT2D eigenvalue weighted by Crippen LogP contribution is 2.36. The molecule has 108 valence electrons. The molecule has 0 spiro atoms. The molecule has 0 radical (unpaired) electrons. The van der Waals surface area contributed by atoms with Crippen LogP contribution in [0.4, 0.5) is 0 Å². The molecule has 0 N–H and O–H groups in total. The molecule has 1 aliphatic rings. The average Bonchev–Trinajstić information content (AvgIpc) is 2.45. The van der Waals surface area contributed by atoms with Gasteiger partial charge in [0.05, 0.1) is 6.10 Å². The molecule has 0 aromatic heterocycles. The van der Waals surface area contributed by atoms with Gasteiger partial charge in [-0.3, -0.25) is 0 Å². The van der Waals surface area contributed by atoms with E-state index >= 15 is 0 Å². The number of aldehydes is 1. The van der Waals surface area contributed by atoms with Crippen LogP contribution in [0.2, 0.25) is 19.6 Å². The Morgan fingerprint density at radius 2 is 1.95 bits per heavy atom. The van der Waals surface area contributed by atoms with Crippen molar-refractivity contribution in [3.63, 3.8) is 0 Å². The largest absolute Gasteiger partial charge is 0.407 e. The van der Waals surface area contributed by atoms with Crippen LogP contribution < -0.4 is 0 Å². The van der Waals surface area contributed by atoms with Crippen LogP contribution in [0.3, 0.4) is 0 Å². The highest BCUT2D eigenvalue weighted by atomic mass is 28.4. The van der Waals surface area contributed by atoms with Crippen molar-refractivity contribution >= 4 is 14.6 Å². The van der Waals surface area contributed by atoms with Crippen LogP contribution in [-0.2, 0) is 9.22 Å². The van der Waals surface area contributed by atoms with E-state index in [9.17, 15) is 4.79 Å². The fraction of sp³-hybridized carbons (Fsp3) is 0.471. The minimum atomic E-state index is -1.62. The minimum Gasteiger partial charge on any atom is -0.407 e. The third-order valence-electron chi connectivity index (χ3n) is 3.59. The van der Waals surface area contributed by atoms with Crippen molar-refractivity contribution < 1.29 is 9.22 Å². The molecule has 1 aromatic carbocycles. The van der Waals surface area contributed by atoms with E-state index in [1.54, 1.807) is 0 Å². The van der Waals surface area contributed by atoms with Crippen molar-refractivity contribution in [2.24, 2.45) is 5.92 Å². The maximum absolute atomic E-state index is 10.9. The van der Waals surface area contributed by atoms with Crippen LogP contribution in [0, 0.1) is 5.92 Å². The molecule has 2 rings (SSSR count). The van der Waals surface area contributed by atoms with Gasteiger partial charge in [-0.1, -0.05) is 36.4 Å². The second-order valence-electron chi connectivity index (χ2n) is 6.47. The second-order valence-corrected chi connectivity index (χ2v) is 10.9. The van der Waals surface area contributed by atoms with Gasteiger partial charge in [0.15, 0.2) is 8.32 Å². The predicted molar refractivity (Wildman–Crippen MR) is 85.1 cm³/mol. The lowest BCUT2D eigenvalue weighted by molar-refractivity contribution is -0.111. The molecule has 0 bridgehead atoms. The lowest BCUT2D eigenvalue weighted by Gasteiger charge is -2.31. The Morgan fingerprint density at radius 1 is 1.25 bits per heavy atom. The first-order valence-electron chi connectivity index (χ1n) is 7.36. The van der Waals surface area contributed by atoms with Gasteiger partial charge in [-0.25, -0.2) is 0 Å². The van der Waals surface area contributed by atoms with Gasteiger partial charge in [0.25, 0.3) is 0 Å². The minimum absolute atomic E-state index is 0.0652. The van der Waals surface area contributed by atoms with Gasteiger partial charge in [-0.15, -0.1) is 0 Å². The van der Waals surface area contributed by atoms with Gasteiger partial charge >= 0.3 is 0 Å². The normalized spacial score (nSPS) is 21.1. The summed E-state index contributed by atoms with van der Waals surface area (Å²) < 4.78 is 6.41. The molecule has 2 atom stereocenters. The molecule has 0 fully saturated rings. The first-order chi connectivity index (χ1) is 9.49. The highest BCUT2D eigenvalue weighted by Gasteiger charge is 2.27. The van der Waals surface area contributed by atoms with Crippen molar-refractivity contribution in [3.8, 4) is 0 Å². The average molecular weight is 288 g/mol. The van der Waals surface area contributed by atoms with Crippen LogP contribution in [0.15, 0.2) is 42.0 Å². The second kappa shape index (κ2) is 6.51. The first kappa shape index (κ1) is 15.2. The Hall–Kier alpha value is -1.19. The smallest absolute Gasteiger partial charge is 0.185 e. The Morgan fingerprint density at radius 3 is 2.45 bits per heavy atom.